The maximum atomic E-state index is 12.2. The molecule has 0 aromatic rings. The highest BCUT2D eigenvalue weighted by molar-refractivity contribution is 5.98. The Morgan fingerprint density at radius 2 is 2.00 bits per heavy atom. The van der Waals surface area contributed by atoms with E-state index in [4.69, 9.17) is 4.74 Å². The van der Waals surface area contributed by atoms with Crippen LogP contribution < -0.4 is 0 Å². The summed E-state index contributed by atoms with van der Waals surface area (Å²) in [6.45, 7) is 8.30. The van der Waals surface area contributed by atoms with Gasteiger partial charge in [0.1, 0.15) is 6.42 Å². The van der Waals surface area contributed by atoms with E-state index in [0.29, 0.717) is 12.5 Å². The summed E-state index contributed by atoms with van der Waals surface area (Å²) in [5, 5.41) is 0. The monoisotopic (exact) mass is 250 g/mol. The summed E-state index contributed by atoms with van der Waals surface area (Å²) >= 11 is 0. The molecule has 2 unspecified atom stereocenters. The molecular formula is C15H22O3. The molecule has 1 aliphatic carbocycles. The van der Waals surface area contributed by atoms with Gasteiger partial charge in [-0.25, -0.2) is 0 Å². The average molecular weight is 250 g/mol. The van der Waals surface area contributed by atoms with Crippen molar-refractivity contribution >= 4 is 11.8 Å². The first kappa shape index (κ1) is 14.7. The number of carbonyl (C=O) groups excluding carboxylic acids is 2. The zero-order chi connectivity index (χ0) is 13.8. The molecule has 0 bridgehead atoms. The van der Waals surface area contributed by atoms with Crippen LogP contribution in [0.15, 0.2) is 24.3 Å². The van der Waals surface area contributed by atoms with E-state index in [1.807, 2.05) is 18.2 Å². The van der Waals surface area contributed by atoms with E-state index in [9.17, 15) is 9.59 Å². The number of esters is 1. The highest BCUT2D eigenvalue weighted by Gasteiger charge is 2.39. The first-order chi connectivity index (χ1) is 8.41. The van der Waals surface area contributed by atoms with Crippen LogP contribution in [0, 0.1) is 17.3 Å². The summed E-state index contributed by atoms with van der Waals surface area (Å²) in [6, 6.07) is 0. The van der Waals surface area contributed by atoms with E-state index in [-0.39, 0.29) is 23.5 Å². The lowest BCUT2D eigenvalue weighted by molar-refractivity contribution is -0.146. The first-order valence-corrected chi connectivity index (χ1v) is 6.46. The molecule has 0 radical (unpaired) electrons. The molecule has 0 N–H and O–H groups in total. The summed E-state index contributed by atoms with van der Waals surface area (Å²) in [4.78, 5) is 23.6. The minimum absolute atomic E-state index is 0.0646. The largest absolute Gasteiger partial charge is 0.466 e. The third kappa shape index (κ3) is 3.09. The minimum Gasteiger partial charge on any atom is -0.466 e. The van der Waals surface area contributed by atoms with Crippen LogP contribution >= 0.6 is 0 Å². The number of carbonyl (C=O) groups is 2. The van der Waals surface area contributed by atoms with Crippen LogP contribution in [0.2, 0.25) is 0 Å². The summed E-state index contributed by atoms with van der Waals surface area (Å²) in [5.74, 6) is -0.413. The van der Waals surface area contributed by atoms with Crippen molar-refractivity contribution in [2.24, 2.45) is 17.3 Å². The van der Waals surface area contributed by atoms with E-state index in [1.165, 1.54) is 0 Å². The molecule has 18 heavy (non-hydrogen) atoms. The van der Waals surface area contributed by atoms with Crippen LogP contribution in [0.1, 0.15) is 34.1 Å². The molecule has 0 saturated carbocycles. The van der Waals surface area contributed by atoms with Gasteiger partial charge < -0.3 is 4.74 Å². The van der Waals surface area contributed by atoms with E-state index < -0.39 is 5.97 Å². The Kier molecular flexibility index (Phi) is 4.88. The van der Waals surface area contributed by atoms with Gasteiger partial charge in [0.25, 0.3) is 0 Å². The second kappa shape index (κ2) is 5.98. The number of hydrogen-bond donors (Lipinski definition) is 0. The highest BCUT2D eigenvalue weighted by Crippen LogP contribution is 2.41. The van der Waals surface area contributed by atoms with E-state index in [2.05, 4.69) is 26.8 Å². The van der Waals surface area contributed by atoms with Gasteiger partial charge in [-0.3, -0.25) is 9.59 Å². The van der Waals surface area contributed by atoms with Gasteiger partial charge in [-0.1, -0.05) is 45.1 Å². The van der Waals surface area contributed by atoms with E-state index >= 15 is 0 Å². The Morgan fingerprint density at radius 1 is 1.33 bits per heavy atom. The number of allylic oxidation sites excluding steroid dienone is 4. The van der Waals surface area contributed by atoms with Crippen molar-refractivity contribution in [2.45, 2.75) is 34.1 Å². The fourth-order valence-corrected chi connectivity index (χ4v) is 2.22. The molecule has 100 valence electrons. The van der Waals surface area contributed by atoms with Crippen LogP contribution in [0.3, 0.4) is 0 Å². The van der Waals surface area contributed by atoms with Crippen molar-refractivity contribution in [3.8, 4) is 0 Å². The molecule has 0 amide bonds. The van der Waals surface area contributed by atoms with Gasteiger partial charge in [-0.15, -0.1) is 0 Å². The van der Waals surface area contributed by atoms with Gasteiger partial charge in [0, 0.05) is 11.3 Å². The molecule has 0 fully saturated rings. The quantitative estimate of drug-likeness (QED) is 0.556. The normalized spacial score (nSPS) is 26.4. The summed E-state index contributed by atoms with van der Waals surface area (Å²) in [5.41, 5.74) is -0.224. The molecule has 1 aliphatic rings. The molecule has 0 aromatic heterocycles. The van der Waals surface area contributed by atoms with Gasteiger partial charge >= 0.3 is 5.97 Å². The van der Waals surface area contributed by atoms with Gasteiger partial charge in [-0.05, 0) is 12.8 Å². The predicted octanol–water partition coefficient (Wildman–Crippen LogP) is 2.91. The number of rotatable bonds is 5. The number of ether oxygens (including phenoxy) is 1. The van der Waals surface area contributed by atoms with Crippen LogP contribution in [-0.4, -0.2) is 18.4 Å². The molecule has 0 aliphatic heterocycles. The fraction of sp³-hybridized carbons (Fsp3) is 0.600. The van der Waals surface area contributed by atoms with Crippen LogP contribution in [0.25, 0.3) is 0 Å². The van der Waals surface area contributed by atoms with E-state index in [0.717, 1.165) is 0 Å². The lowest BCUT2D eigenvalue weighted by atomic mass is 9.65. The van der Waals surface area contributed by atoms with Crippen molar-refractivity contribution in [2.75, 3.05) is 6.61 Å². The smallest absolute Gasteiger partial charge is 0.313 e. The Balaban J connectivity index is 2.80. The van der Waals surface area contributed by atoms with Gasteiger partial charge in [0.05, 0.1) is 6.61 Å². The second-order valence-electron chi connectivity index (χ2n) is 5.19. The van der Waals surface area contributed by atoms with Gasteiger partial charge in [0.15, 0.2) is 5.78 Å². The van der Waals surface area contributed by atoms with Gasteiger partial charge in [0.2, 0.25) is 0 Å². The molecule has 0 saturated heterocycles. The zero-order valence-electron chi connectivity index (χ0n) is 11.6. The molecule has 2 atom stereocenters. The predicted molar refractivity (Wildman–Crippen MR) is 71.0 cm³/mol. The lowest BCUT2D eigenvalue weighted by Gasteiger charge is -2.38. The molecule has 1 rings (SSSR count). The average Bonchev–Trinajstić information content (AvgIpc) is 2.29. The number of Topliss-reactive ketones (excluding diaryl/α,β-unsaturated/α-hetero) is 1. The standard InChI is InChI=1S/C15H22O3/c1-5-18-14(17)10-13(16)12-8-6-7-9-15(12,4)11(2)3/h6-9,11-12H,5,10H2,1-4H3. The SMILES string of the molecule is CCOC(=O)CC(=O)C1C=CC=CC1(C)C(C)C. The van der Waals surface area contributed by atoms with Crippen molar-refractivity contribution in [1.82, 2.24) is 0 Å². The van der Waals surface area contributed by atoms with Crippen LogP contribution in [0.4, 0.5) is 0 Å². The third-order valence-electron chi connectivity index (χ3n) is 3.75. The fourth-order valence-electron chi connectivity index (χ4n) is 2.22. The Morgan fingerprint density at radius 3 is 2.56 bits per heavy atom. The Labute approximate surface area is 109 Å². The Hall–Kier alpha value is -1.38. The van der Waals surface area contributed by atoms with Crippen LogP contribution in [0.5, 0.6) is 0 Å². The summed E-state index contributed by atoms with van der Waals surface area (Å²) in [7, 11) is 0. The highest BCUT2D eigenvalue weighted by atomic mass is 16.5. The summed E-state index contributed by atoms with van der Waals surface area (Å²) < 4.78 is 4.83. The van der Waals surface area contributed by atoms with Crippen molar-refractivity contribution < 1.29 is 14.3 Å². The molecule has 3 heteroatoms. The van der Waals surface area contributed by atoms with Crippen molar-refractivity contribution in [1.29, 1.82) is 0 Å². The molecule has 0 spiro atoms. The van der Waals surface area contributed by atoms with Crippen molar-refractivity contribution in [3.05, 3.63) is 24.3 Å². The molecule has 0 aromatic carbocycles. The van der Waals surface area contributed by atoms with Crippen LogP contribution in [-0.2, 0) is 14.3 Å². The third-order valence-corrected chi connectivity index (χ3v) is 3.75. The zero-order valence-corrected chi connectivity index (χ0v) is 11.6. The summed E-state index contributed by atoms with van der Waals surface area (Å²) in [6.07, 6.45) is 7.65. The lowest BCUT2D eigenvalue weighted by Crippen LogP contribution is -2.37. The van der Waals surface area contributed by atoms with E-state index in [1.54, 1.807) is 6.92 Å². The molecular weight excluding hydrogens is 228 g/mol. The first-order valence-electron chi connectivity index (χ1n) is 6.46. The Bertz CT molecular complexity index is 379. The topological polar surface area (TPSA) is 43.4 Å². The molecule has 0 heterocycles. The number of ketones is 1. The number of hydrogen-bond acceptors (Lipinski definition) is 3. The van der Waals surface area contributed by atoms with Gasteiger partial charge in [-0.2, -0.15) is 0 Å². The minimum atomic E-state index is -0.434. The molecule has 3 nitrogen and oxygen atoms in total. The maximum Gasteiger partial charge on any atom is 0.313 e. The second-order valence-corrected chi connectivity index (χ2v) is 5.19. The van der Waals surface area contributed by atoms with Crippen molar-refractivity contribution in [3.63, 3.8) is 0 Å². The maximum absolute atomic E-state index is 12.2.